The number of nitrogens with one attached hydrogen (secondary N) is 3. The molecule has 21 heavy (non-hydrogen) atoms. The molecule has 0 fully saturated rings. The van der Waals surface area contributed by atoms with Crippen molar-refractivity contribution in [3.63, 3.8) is 0 Å². The monoisotopic (exact) mass is 311 g/mol. The number of hydrogen-bond donors (Lipinski definition) is 3. The number of benzene rings is 1. The highest BCUT2D eigenvalue weighted by Crippen LogP contribution is 2.14. The molecule has 0 spiro atoms. The van der Waals surface area contributed by atoms with Crippen LogP contribution in [-0.4, -0.2) is 24.3 Å². The van der Waals surface area contributed by atoms with Crippen LogP contribution in [0, 0.1) is 5.41 Å². The molecular weight excluding hydrogens is 294 g/mol. The maximum atomic E-state index is 11.8. The standard InChI is InChI=1S/C14H18ClN3O3/c1-14(2,3)13(21)16-8-11(19)17-18-12(20)9-6-4-5-7-10(9)15/h4-7H,8H2,1-3H3,(H,16,21)(H,17,19)(H,18,20). The van der Waals surface area contributed by atoms with Gasteiger partial charge in [0.25, 0.3) is 11.8 Å². The first-order valence-corrected chi connectivity index (χ1v) is 6.71. The topological polar surface area (TPSA) is 87.3 Å². The van der Waals surface area contributed by atoms with Crippen LogP contribution < -0.4 is 16.2 Å². The zero-order valence-corrected chi connectivity index (χ0v) is 12.9. The zero-order valence-electron chi connectivity index (χ0n) is 12.1. The lowest BCUT2D eigenvalue weighted by molar-refractivity contribution is -0.131. The van der Waals surface area contributed by atoms with Gasteiger partial charge in [-0.25, -0.2) is 0 Å². The summed E-state index contributed by atoms with van der Waals surface area (Å²) in [6.45, 7) is 4.98. The normalized spacial score (nSPS) is 10.7. The first kappa shape index (κ1) is 17.0. The lowest BCUT2D eigenvalue weighted by atomic mass is 9.96. The molecule has 1 aromatic rings. The number of carbonyl (C=O) groups excluding carboxylic acids is 3. The Kier molecular flexibility index (Phi) is 5.72. The van der Waals surface area contributed by atoms with E-state index in [1.807, 2.05) is 0 Å². The Morgan fingerprint density at radius 3 is 2.29 bits per heavy atom. The fourth-order valence-corrected chi connectivity index (χ4v) is 1.53. The molecular formula is C14H18ClN3O3. The Morgan fingerprint density at radius 2 is 1.71 bits per heavy atom. The summed E-state index contributed by atoms with van der Waals surface area (Å²) in [6.07, 6.45) is 0. The van der Waals surface area contributed by atoms with Crippen LogP contribution in [0.15, 0.2) is 24.3 Å². The van der Waals surface area contributed by atoms with Crippen molar-refractivity contribution in [2.24, 2.45) is 5.41 Å². The smallest absolute Gasteiger partial charge is 0.271 e. The minimum Gasteiger partial charge on any atom is -0.347 e. The molecule has 1 rings (SSSR count). The number of halogens is 1. The average molecular weight is 312 g/mol. The minimum absolute atomic E-state index is 0.223. The van der Waals surface area contributed by atoms with Crippen molar-refractivity contribution in [1.82, 2.24) is 16.2 Å². The lowest BCUT2D eigenvalue weighted by Crippen LogP contribution is -2.47. The molecule has 1 aromatic carbocycles. The number of hydrogen-bond acceptors (Lipinski definition) is 3. The first-order valence-electron chi connectivity index (χ1n) is 6.34. The first-order chi connectivity index (χ1) is 9.71. The second-order valence-electron chi connectivity index (χ2n) is 5.41. The zero-order chi connectivity index (χ0) is 16.0. The molecule has 6 nitrogen and oxygen atoms in total. The second-order valence-corrected chi connectivity index (χ2v) is 5.82. The van der Waals surface area contributed by atoms with Gasteiger partial charge >= 0.3 is 0 Å². The summed E-state index contributed by atoms with van der Waals surface area (Å²) in [4.78, 5) is 34.9. The van der Waals surface area contributed by atoms with E-state index in [4.69, 9.17) is 11.6 Å². The number of rotatable bonds is 3. The molecule has 114 valence electrons. The van der Waals surface area contributed by atoms with Gasteiger partial charge in [-0.05, 0) is 12.1 Å². The van der Waals surface area contributed by atoms with Crippen LogP contribution in [0.2, 0.25) is 5.02 Å². The lowest BCUT2D eigenvalue weighted by Gasteiger charge is -2.17. The number of carbonyl (C=O) groups is 3. The van der Waals surface area contributed by atoms with E-state index < -0.39 is 17.2 Å². The van der Waals surface area contributed by atoms with Crippen molar-refractivity contribution in [2.45, 2.75) is 20.8 Å². The average Bonchev–Trinajstić information content (AvgIpc) is 2.41. The Balaban J connectivity index is 2.42. The molecule has 0 heterocycles. The summed E-state index contributed by atoms with van der Waals surface area (Å²) in [7, 11) is 0. The summed E-state index contributed by atoms with van der Waals surface area (Å²) >= 11 is 5.86. The largest absolute Gasteiger partial charge is 0.347 e. The predicted molar refractivity (Wildman–Crippen MR) is 79.5 cm³/mol. The van der Waals surface area contributed by atoms with Gasteiger partial charge in [0.2, 0.25) is 5.91 Å². The van der Waals surface area contributed by atoms with Gasteiger partial charge in [-0.2, -0.15) is 0 Å². The van der Waals surface area contributed by atoms with Gasteiger partial charge in [0, 0.05) is 5.41 Å². The van der Waals surface area contributed by atoms with E-state index in [2.05, 4.69) is 16.2 Å². The van der Waals surface area contributed by atoms with Gasteiger partial charge in [0.1, 0.15) is 0 Å². The number of hydrazine groups is 1. The van der Waals surface area contributed by atoms with E-state index in [1.54, 1.807) is 39.0 Å². The minimum atomic E-state index is -0.582. The van der Waals surface area contributed by atoms with Gasteiger partial charge in [-0.15, -0.1) is 0 Å². The SMILES string of the molecule is CC(C)(C)C(=O)NCC(=O)NNC(=O)c1ccccc1Cl. The molecule has 0 aliphatic rings. The maximum Gasteiger partial charge on any atom is 0.271 e. The maximum absolute atomic E-state index is 11.8. The van der Waals surface area contributed by atoms with Gasteiger partial charge in [0.05, 0.1) is 17.1 Å². The Bertz CT molecular complexity index is 553. The van der Waals surface area contributed by atoms with Crippen molar-refractivity contribution in [2.75, 3.05) is 6.54 Å². The van der Waals surface area contributed by atoms with E-state index in [-0.39, 0.29) is 23.0 Å². The van der Waals surface area contributed by atoms with E-state index >= 15 is 0 Å². The van der Waals surface area contributed by atoms with Gasteiger partial charge < -0.3 is 5.32 Å². The van der Waals surface area contributed by atoms with Crippen molar-refractivity contribution in [3.05, 3.63) is 34.9 Å². The molecule has 0 radical (unpaired) electrons. The quantitative estimate of drug-likeness (QED) is 0.734. The molecule has 0 bridgehead atoms. The van der Waals surface area contributed by atoms with Crippen molar-refractivity contribution in [1.29, 1.82) is 0 Å². The fourth-order valence-electron chi connectivity index (χ4n) is 1.31. The second kappa shape index (κ2) is 7.08. The Hall–Kier alpha value is -2.08. The van der Waals surface area contributed by atoms with Crippen LogP contribution in [0.1, 0.15) is 31.1 Å². The van der Waals surface area contributed by atoms with Gasteiger partial charge in [0.15, 0.2) is 0 Å². The van der Waals surface area contributed by atoms with Crippen LogP contribution in [0.3, 0.4) is 0 Å². The molecule has 0 saturated heterocycles. The van der Waals surface area contributed by atoms with E-state index in [0.29, 0.717) is 0 Å². The molecule has 3 amide bonds. The van der Waals surface area contributed by atoms with Crippen LogP contribution >= 0.6 is 11.6 Å². The van der Waals surface area contributed by atoms with Crippen molar-refractivity contribution >= 4 is 29.3 Å². The Labute approximate surface area is 128 Å². The van der Waals surface area contributed by atoms with E-state index in [9.17, 15) is 14.4 Å². The molecule has 0 unspecified atom stereocenters. The summed E-state index contributed by atoms with van der Waals surface area (Å²) in [6, 6.07) is 6.46. The highest BCUT2D eigenvalue weighted by Gasteiger charge is 2.21. The van der Waals surface area contributed by atoms with Crippen LogP contribution in [0.4, 0.5) is 0 Å². The summed E-state index contributed by atoms with van der Waals surface area (Å²) in [5.41, 5.74) is 4.10. The summed E-state index contributed by atoms with van der Waals surface area (Å²) < 4.78 is 0. The van der Waals surface area contributed by atoms with E-state index in [1.165, 1.54) is 6.07 Å². The highest BCUT2D eigenvalue weighted by atomic mass is 35.5. The third kappa shape index (κ3) is 5.43. The van der Waals surface area contributed by atoms with Crippen molar-refractivity contribution in [3.8, 4) is 0 Å². The molecule has 0 aliphatic heterocycles. The summed E-state index contributed by atoms with van der Waals surface area (Å²) in [5.74, 6) is -1.32. The molecule has 0 atom stereocenters. The molecule has 0 aromatic heterocycles. The Morgan fingerprint density at radius 1 is 1.10 bits per heavy atom. The van der Waals surface area contributed by atoms with Crippen LogP contribution in [0.5, 0.6) is 0 Å². The fraction of sp³-hybridized carbons (Fsp3) is 0.357. The third-order valence-electron chi connectivity index (χ3n) is 2.52. The van der Waals surface area contributed by atoms with Crippen LogP contribution in [0.25, 0.3) is 0 Å². The van der Waals surface area contributed by atoms with Crippen LogP contribution in [-0.2, 0) is 9.59 Å². The van der Waals surface area contributed by atoms with Gasteiger partial charge in [-0.3, -0.25) is 25.2 Å². The molecule has 0 saturated carbocycles. The molecule has 0 aliphatic carbocycles. The predicted octanol–water partition coefficient (Wildman–Crippen LogP) is 1.26. The highest BCUT2D eigenvalue weighted by molar-refractivity contribution is 6.33. The van der Waals surface area contributed by atoms with Gasteiger partial charge in [-0.1, -0.05) is 44.5 Å². The van der Waals surface area contributed by atoms with E-state index in [0.717, 1.165) is 0 Å². The third-order valence-corrected chi connectivity index (χ3v) is 2.85. The number of amides is 3. The van der Waals surface area contributed by atoms with Crippen molar-refractivity contribution < 1.29 is 14.4 Å². The molecule has 7 heteroatoms. The molecule has 3 N–H and O–H groups in total. The summed E-state index contributed by atoms with van der Waals surface area (Å²) in [5, 5.41) is 2.75.